The summed E-state index contributed by atoms with van der Waals surface area (Å²) in [6, 6.07) is 0. The van der Waals surface area contributed by atoms with Crippen molar-refractivity contribution >= 4 is 23.9 Å². The van der Waals surface area contributed by atoms with Gasteiger partial charge in [0.25, 0.3) is 0 Å². The molecule has 0 unspecified atom stereocenters. The minimum absolute atomic E-state index is 0.194. The van der Waals surface area contributed by atoms with Crippen molar-refractivity contribution in [3.8, 4) is 0 Å². The van der Waals surface area contributed by atoms with Gasteiger partial charge in [-0.25, -0.2) is 0 Å². The van der Waals surface area contributed by atoms with Crippen LogP contribution in [0.1, 0.15) is 147 Å². The molecule has 0 aromatic heterocycles. The lowest BCUT2D eigenvalue weighted by molar-refractivity contribution is -0.198. The number of esters is 4. The van der Waals surface area contributed by atoms with E-state index in [9.17, 15) is 19.2 Å². The summed E-state index contributed by atoms with van der Waals surface area (Å²) >= 11 is 0. The molecule has 0 N–H and O–H groups in total. The highest BCUT2D eigenvalue weighted by Crippen LogP contribution is 2.76. The third-order valence-corrected chi connectivity index (χ3v) is 15.9. The smallest absolute Gasteiger partial charge is 0.303 e. The Kier molecular flexibility index (Phi) is 11.3. The molecule has 0 heterocycles. The summed E-state index contributed by atoms with van der Waals surface area (Å²) in [6.07, 6.45) is 15.1. The molecule has 0 aliphatic heterocycles. The van der Waals surface area contributed by atoms with Gasteiger partial charge in [-0.1, -0.05) is 67.0 Å². The molecule has 4 saturated carbocycles. The monoisotopic (exact) mass is 712 g/mol. The normalized spacial score (nSPS) is 40.2. The maximum atomic E-state index is 12.3. The Morgan fingerprint density at radius 3 is 1.94 bits per heavy atom. The molecular weight excluding hydrogens is 644 g/mol. The molecule has 51 heavy (non-hydrogen) atoms. The number of carbonyl (C=O) groups is 4. The van der Waals surface area contributed by atoms with Crippen LogP contribution in [-0.4, -0.2) is 48.8 Å². The number of ether oxygens (including phenoxy) is 4. The standard InChI is InChI=1S/C43H68O8/c1-26(13-14-33(49-28(3)45)38(51-30(5)47)34(50-29(4)46)25-48-27(2)44)31-17-22-40(8)32(31)18-23-42(10)36(40)15-16-37-41(9)21-12-20-39(6,7)35(41)19-24-43(37,42)11/h19,24,26,31-38H,12-18,20-23,25H2,1-11H3/t26-,31-,32-,33-,34+,35+,36-,37-,38-,40+,41+,42-,43-/m1/s1. The van der Waals surface area contributed by atoms with E-state index in [-0.39, 0.29) is 22.9 Å². The number of fused-ring (bicyclic) bond motifs is 7. The second-order valence-electron chi connectivity index (χ2n) is 19.1. The summed E-state index contributed by atoms with van der Waals surface area (Å²) in [5, 5.41) is 0. The second-order valence-corrected chi connectivity index (χ2v) is 19.1. The van der Waals surface area contributed by atoms with E-state index in [2.05, 4.69) is 60.6 Å². The molecule has 5 rings (SSSR count). The molecule has 0 saturated heterocycles. The molecule has 13 atom stereocenters. The molecule has 8 heteroatoms. The van der Waals surface area contributed by atoms with Crippen LogP contribution in [0.25, 0.3) is 0 Å². The van der Waals surface area contributed by atoms with E-state index in [0.29, 0.717) is 46.8 Å². The first-order valence-corrected chi connectivity index (χ1v) is 20.0. The fourth-order valence-corrected chi connectivity index (χ4v) is 13.6. The number of allylic oxidation sites excluding steroid dienone is 2. The number of rotatable bonds is 11. The van der Waals surface area contributed by atoms with E-state index in [1.54, 1.807) is 0 Å². The number of hydrogen-bond donors (Lipinski definition) is 0. The summed E-state index contributed by atoms with van der Waals surface area (Å²) in [4.78, 5) is 48.3. The minimum Gasteiger partial charge on any atom is -0.462 e. The lowest BCUT2D eigenvalue weighted by atomic mass is 9.33. The molecule has 8 nitrogen and oxygen atoms in total. The maximum Gasteiger partial charge on any atom is 0.303 e. The summed E-state index contributed by atoms with van der Waals surface area (Å²) in [5.41, 5.74) is 1.45. The van der Waals surface area contributed by atoms with Crippen molar-refractivity contribution in [1.29, 1.82) is 0 Å². The van der Waals surface area contributed by atoms with Crippen LogP contribution in [0.3, 0.4) is 0 Å². The van der Waals surface area contributed by atoms with Gasteiger partial charge < -0.3 is 18.9 Å². The molecule has 5 aliphatic carbocycles. The van der Waals surface area contributed by atoms with Gasteiger partial charge in [-0.05, 0) is 127 Å². The van der Waals surface area contributed by atoms with E-state index >= 15 is 0 Å². The fraction of sp³-hybridized carbons (Fsp3) is 0.860. The zero-order chi connectivity index (χ0) is 37.7. The summed E-state index contributed by atoms with van der Waals surface area (Å²) in [5.74, 6) is 1.29. The van der Waals surface area contributed by atoms with Crippen molar-refractivity contribution in [3.63, 3.8) is 0 Å². The van der Waals surface area contributed by atoms with Crippen LogP contribution >= 0.6 is 0 Å². The second kappa shape index (κ2) is 14.5. The number of carbonyl (C=O) groups excluding carboxylic acids is 4. The Morgan fingerprint density at radius 2 is 1.31 bits per heavy atom. The van der Waals surface area contributed by atoms with Crippen molar-refractivity contribution in [2.24, 2.45) is 62.6 Å². The van der Waals surface area contributed by atoms with E-state index in [4.69, 9.17) is 18.9 Å². The topological polar surface area (TPSA) is 105 Å². The largest absolute Gasteiger partial charge is 0.462 e. The predicted octanol–water partition coefficient (Wildman–Crippen LogP) is 9.03. The molecule has 0 bridgehead atoms. The van der Waals surface area contributed by atoms with Gasteiger partial charge in [-0.2, -0.15) is 0 Å². The van der Waals surface area contributed by atoms with Gasteiger partial charge in [0, 0.05) is 27.7 Å². The van der Waals surface area contributed by atoms with Gasteiger partial charge in [0.15, 0.2) is 12.2 Å². The Bertz CT molecular complexity index is 1370. The molecule has 0 radical (unpaired) electrons. The lowest BCUT2D eigenvalue weighted by Crippen LogP contribution is -2.64. The van der Waals surface area contributed by atoms with Gasteiger partial charge in [-0.15, -0.1) is 0 Å². The Morgan fingerprint density at radius 1 is 0.686 bits per heavy atom. The summed E-state index contributed by atoms with van der Waals surface area (Å²) in [6.45, 7) is 22.7. The quantitative estimate of drug-likeness (QED) is 0.119. The van der Waals surface area contributed by atoms with Gasteiger partial charge in [0.2, 0.25) is 0 Å². The van der Waals surface area contributed by atoms with E-state index in [1.165, 1.54) is 85.5 Å². The van der Waals surface area contributed by atoms with E-state index < -0.39 is 42.2 Å². The zero-order valence-corrected chi connectivity index (χ0v) is 33.6. The first-order valence-electron chi connectivity index (χ1n) is 20.0. The van der Waals surface area contributed by atoms with Crippen molar-refractivity contribution in [1.82, 2.24) is 0 Å². The van der Waals surface area contributed by atoms with Crippen LogP contribution in [-0.2, 0) is 38.1 Å². The minimum atomic E-state index is -1.11. The molecule has 0 spiro atoms. The van der Waals surface area contributed by atoms with Crippen LogP contribution in [0, 0.1) is 62.6 Å². The highest BCUT2D eigenvalue weighted by Gasteiger charge is 2.69. The average molecular weight is 713 g/mol. The van der Waals surface area contributed by atoms with Crippen molar-refractivity contribution in [2.45, 2.75) is 165 Å². The van der Waals surface area contributed by atoms with Crippen molar-refractivity contribution in [2.75, 3.05) is 6.61 Å². The predicted molar refractivity (Wildman–Crippen MR) is 196 cm³/mol. The van der Waals surface area contributed by atoms with Crippen LogP contribution < -0.4 is 0 Å². The lowest BCUT2D eigenvalue weighted by Gasteiger charge is -2.71. The molecule has 4 fully saturated rings. The highest BCUT2D eigenvalue weighted by molar-refractivity contribution is 5.68. The average Bonchev–Trinajstić information content (AvgIpc) is 3.36. The number of hydrogen-bond acceptors (Lipinski definition) is 8. The van der Waals surface area contributed by atoms with Crippen LogP contribution in [0.4, 0.5) is 0 Å². The van der Waals surface area contributed by atoms with E-state index in [0.717, 1.165) is 12.3 Å². The van der Waals surface area contributed by atoms with Gasteiger partial charge in [0.05, 0.1) is 0 Å². The van der Waals surface area contributed by atoms with E-state index in [1.807, 2.05) is 0 Å². The Labute approximate surface area is 307 Å². The SMILES string of the molecule is CC(=O)OC[C@H](OC(C)=O)[C@H](OC(C)=O)[C@@H](CC[C@@H](C)[C@H]1CC[C@@]2(C)[C@@H]1CC[C@]1(C)[C@@H]2CC[C@@H]2[C@@]3(C)CCCC(C)(C)[C@@H]3C=C[C@]21C)OC(C)=O. The maximum absolute atomic E-state index is 12.3. The molecule has 0 aromatic rings. The first kappa shape index (κ1) is 39.8. The first-order chi connectivity index (χ1) is 23.7. The van der Waals surface area contributed by atoms with Crippen LogP contribution in [0.2, 0.25) is 0 Å². The zero-order valence-electron chi connectivity index (χ0n) is 33.6. The molecule has 0 aromatic carbocycles. The third kappa shape index (κ3) is 7.16. The summed E-state index contributed by atoms with van der Waals surface area (Å²) < 4.78 is 22.1. The Balaban J connectivity index is 1.34. The Hall–Kier alpha value is -2.38. The van der Waals surface area contributed by atoms with Crippen molar-refractivity contribution in [3.05, 3.63) is 12.2 Å². The summed E-state index contributed by atoms with van der Waals surface area (Å²) in [7, 11) is 0. The van der Waals surface area contributed by atoms with Gasteiger partial charge in [-0.3, -0.25) is 19.2 Å². The third-order valence-electron chi connectivity index (χ3n) is 15.9. The molecule has 0 amide bonds. The molecule has 5 aliphatic rings. The fourth-order valence-electron chi connectivity index (χ4n) is 13.6. The van der Waals surface area contributed by atoms with Crippen LogP contribution in [0.5, 0.6) is 0 Å². The van der Waals surface area contributed by atoms with Crippen LogP contribution in [0.15, 0.2) is 12.2 Å². The highest BCUT2D eigenvalue weighted by atomic mass is 16.6. The van der Waals surface area contributed by atoms with Gasteiger partial charge >= 0.3 is 23.9 Å². The van der Waals surface area contributed by atoms with Crippen molar-refractivity contribution < 1.29 is 38.1 Å². The molecule has 288 valence electrons. The molecular formula is C43H68O8. The van der Waals surface area contributed by atoms with Gasteiger partial charge in [0.1, 0.15) is 12.7 Å².